The number of rotatable bonds is 10. The van der Waals surface area contributed by atoms with Crippen molar-refractivity contribution in [3.63, 3.8) is 0 Å². The summed E-state index contributed by atoms with van der Waals surface area (Å²) >= 11 is 16.4. The van der Waals surface area contributed by atoms with Gasteiger partial charge in [0.2, 0.25) is 21.8 Å². The molecule has 0 aliphatic heterocycles. The van der Waals surface area contributed by atoms with Gasteiger partial charge in [-0.3, -0.25) is 13.9 Å². The third-order valence-electron chi connectivity index (χ3n) is 5.96. The van der Waals surface area contributed by atoms with Crippen LogP contribution >= 0.6 is 39.1 Å². The number of halogens is 3. The number of amides is 2. The van der Waals surface area contributed by atoms with Gasteiger partial charge in [-0.15, -0.1) is 0 Å². The third kappa shape index (κ3) is 8.70. The third-order valence-corrected chi connectivity index (χ3v) is 8.47. The maximum absolute atomic E-state index is 14.2. The zero-order chi connectivity index (χ0) is 29.7. The smallest absolute Gasteiger partial charge is 0.244 e. The summed E-state index contributed by atoms with van der Waals surface area (Å²) in [6.07, 6.45) is 1.22. The first-order valence-corrected chi connectivity index (χ1v) is 15.9. The summed E-state index contributed by atoms with van der Waals surface area (Å²) in [4.78, 5) is 29.3. The molecule has 1 N–H and O–H groups in total. The maximum atomic E-state index is 14.2. The van der Waals surface area contributed by atoms with Crippen molar-refractivity contribution in [3.8, 4) is 0 Å². The highest BCUT2D eigenvalue weighted by Crippen LogP contribution is 2.30. The zero-order valence-electron chi connectivity index (χ0n) is 22.7. The van der Waals surface area contributed by atoms with Crippen LogP contribution in [0.25, 0.3) is 0 Å². The second kappa shape index (κ2) is 13.4. The van der Waals surface area contributed by atoms with Crippen LogP contribution in [0.15, 0.2) is 77.3 Å². The van der Waals surface area contributed by atoms with Gasteiger partial charge in [-0.25, -0.2) is 8.42 Å². The summed E-state index contributed by atoms with van der Waals surface area (Å²) in [5.74, 6) is -0.984. The van der Waals surface area contributed by atoms with E-state index in [-0.39, 0.29) is 18.9 Å². The van der Waals surface area contributed by atoms with Crippen molar-refractivity contribution in [2.75, 3.05) is 17.1 Å². The van der Waals surface area contributed by atoms with E-state index in [9.17, 15) is 18.0 Å². The predicted molar refractivity (Wildman–Crippen MR) is 165 cm³/mol. The summed E-state index contributed by atoms with van der Waals surface area (Å²) < 4.78 is 27.3. The van der Waals surface area contributed by atoms with Gasteiger partial charge in [0, 0.05) is 38.6 Å². The highest BCUT2D eigenvalue weighted by Gasteiger charge is 2.35. The van der Waals surface area contributed by atoms with Crippen molar-refractivity contribution in [3.05, 3.63) is 98.4 Å². The predicted octanol–water partition coefficient (Wildman–Crippen LogP) is 6.08. The van der Waals surface area contributed by atoms with Crippen LogP contribution in [-0.4, -0.2) is 49.5 Å². The molecule has 11 heteroatoms. The molecule has 0 fully saturated rings. The number of anilines is 1. The molecule has 40 heavy (non-hydrogen) atoms. The standard InChI is InChI=1S/C29H32BrCl2N3O4S/c1-29(2,3)33-28(37)26(17-20-11-6-5-7-12-20)34(18-21-23(31)14-10-15-24(21)32)27(36)19-35(40(4,38)39)25-16-9-8-13-22(25)30/h5-16,26H,17-19H2,1-4H3,(H,33,37)/t26-/m1/s1. The molecule has 0 bridgehead atoms. The minimum atomic E-state index is -3.89. The molecule has 3 rings (SSSR count). The van der Waals surface area contributed by atoms with E-state index in [0.29, 0.717) is 25.8 Å². The molecule has 0 spiro atoms. The summed E-state index contributed by atoms with van der Waals surface area (Å²) in [6.45, 7) is 4.89. The molecule has 0 radical (unpaired) electrons. The Kier molecular flexibility index (Phi) is 10.7. The van der Waals surface area contributed by atoms with Crippen LogP contribution in [0, 0.1) is 0 Å². The van der Waals surface area contributed by atoms with Gasteiger partial charge in [0.05, 0.1) is 11.9 Å². The molecule has 1 atom stereocenters. The molecule has 3 aromatic rings. The average molecular weight is 669 g/mol. The molecule has 0 aliphatic rings. The molecule has 0 aromatic heterocycles. The van der Waals surface area contributed by atoms with Crippen molar-refractivity contribution < 1.29 is 18.0 Å². The van der Waals surface area contributed by atoms with Crippen molar-refractivity contribution >= 4 is 66.7 Å². The number of para-hydroxylation sites is 1. The van der Waals surface area contributed by atoms with Crippen LogP contribution in [0.5, 0.6) is 0 Å². The number of sulfonamides is 1. The first-order chi connectivity index (χ1) is 18.7. The Balaban J connectivity index is 2.13. The van der Waals surface area contributed by atoms with Crippen molar-refractivity contribution in [2.45, 2.75) is 45.3 Å². The Bertz CT molecular complexity index is 1440. The fourth-order valence-electron chi connectivity index (χ4n) is 4.11. The number of nitrogens with zero attached hydrogens (tertiary/aromatic N) is 2. The topological polar surface area (TPSA) is 86.8 Å². The Morgan fingerprint density at radius 1 is 0.925 bits per heavy atom. The summed E-state index contributed by atoms with van der Waals surface area (Å²) in [5, 5.41) is 3.63. The minimum absolute atomic E-state index is 0.111. The first kappa shape index (κ1) is 31.9. The lowest BCUT2D eigenvalue weighted by Crippen LogP contribution is -2.56. The van der Waals surface area contributed by atoms with Crippen LogP contribution in [0.4, 0.5) is 5.69 Å². The van der Waals surface area contributed by atoms with Gasteiger partial charge >= 0.3 is 0 Å². The molecule has 214 valence electrons. The summed E-state index contributed by atoms with van der Waals surface area (Å²) in [5.41, 5.74) is 0.988. The number of carbonyl (C=O) groups is 2. The maximum Gasteiger partial charge on any atom is 0.244 e. The number of hydrogen-bond donors (Lipinski definition) is 1. The lowest BCUT2D eigenvalue weighted by Gasteiger charge is -2.35. The number of hydrogen-bond acceptors (Lipinski definition) is 4. The Labute approximate surface area is 254 Å². The molecule has 0 unspecified atom stereocenters. The van der Waals surface area contributed by atoms with Gasteiger partial charge < -0.3 is 10.2 Å². The van der Waals surface area contributed by atoms with Crippen molar-refractivity contribution in [1.29, 1.82) is 0 Å². The van der Waals surface area contributed by atoms with E-state index in [4.69, 9.17) is 23.2 Å². The van der Waals surface area contributed by atoms with Crippen molar-refractivity contribution in [1.82, 2.24) is 10.2 Å². The largest absolute Gasteiger partial charge is 0.350 e. The molecule has 0 saturated heterocycles. The SMILES string of the molecule is CC(C)(C)NC(=O)[C@@H](Cc1ccccc1)N(Cc1c(Cl)cccc1Cl)C(=O)CN(c1ccccc1Br)S(C)(=O)=O. The lowest BCUT2D eigenvalue weighted by atomic mass is 10.0. The second-order valence-electron chi connectivity index (χ2n) is 10.4. The molecular weight excluding hydrogens is 637 g/mol. The van der Waals surface area contributed by atoms with E-state index >= 15 is 0 Å². The molecule has 3 aromatic carbocycles. The Hall–Kier alpha value is -2.59. The fourth-order valence-corrected chi connectivity index (χ4v) is 6.10. The number of nitrogens with one attached hydrogen (secondary N) is 1. The lowest BCUT2D eigenvalue weighted by molar-refractivity contribution is -0.140. The van der Waals surface area contributed by atoms with E-state index in [1.54, 1.807) is 42.5 Å². The quantitative estimate of drug-likeness (QED) is 0.284. The highest BCUT2D eigenvalue weighted by molar-refractivity contribution is 9.10. The summed E-state index contributed by atoms with van der Waals surface area (Å²) in [7, 11) is -3.89. The summed E-state index contributed by atoms with van der Waals surface area (Å²) in [6, 6.07) is 20.0. The van der Waals surface area contributed by atoms with Gasteiger partial charge in [-0.2, -0.15) is 0 Å². The Morgan fingerprint density at radius 3 is 2.05 bits per heavy atom. The van der Waals surface area contributed by atoms with E-state index in [0.717, 1.165) is 16.1 Å². The van der Waals surface area contributed by atoms with Gasteiger partial charge in [-0.1, -0.05) is 71.7 Å². The molecule has 0 heterocycles. The molecule has 0 saturated carbocycles. The van der Waals surface area contributed by atoms with Crippen LogP contribution in [-0.2, 0) is 32.6 Å². The molecular formula is C29H32BrCl2N3O4S. The second-order valence-corrected chi connectivity index (χ2v) is 14.0. The van der Waals surface area contributed by atoms with Gasteiger partial charge in [0.25, 0.3) is 0 Å². The fraction of sp³-hybridized carbons (Fsp3) is 0.310. The number of carbonyl (C=O) groups excluding carboxylic acids is 2. The van der Waals surface area contributed by atoms with Gasteiger partial charge in [0.1, 0.15) is 12.6 Å². The van der Waals surface area contributed by atoms with Crippen molar-refractivity contribution in [2.24, 2.45) is 0 Å². The monoisotopic (exact) mass is 667 g/mol. The highest BCUT2D eigenvalue weighted by atomic mass is 79.9. The minimum Gasteiger partial charge on any atom is -0.350 e. The number of benzene rings is 3. The van der Waals surface area contributed by atoms with E-state index in [1.807, 2.05) is 51.1 Å². The Morgan fingerprint density at radius 2 is 1.50 bits per heavy atom. The van der Waals surface area contributed by atoms with Gasteiger partial charge in [0.15, 0.2) is 0 Å². The first-order valence-electron chi connectivity index (χ1n) is 12.5. The van der Waals surface area contributed by atoms with Crippen LogP contribution < -0.4 is 9.62 Å². The van der Waals surface area contributed by atoms with Crippen LogP contribution in [0.1, 0.15) is 31.9 Å². The average Bonchev–Trinajstić information content (AvgIpc) is 2.85. The molecule has 2 amide bonds. The van der Waals surface area contributed by atoms with E-state index in [1.165, 1.54) is 4.90 Å². The zero-order valence-corrected chi connectivity index (χ0v) is 26.6. The normalized spacial score (nSPS) is 12.5. The van der Waals surface area contributed by atoms with Crippen LogP contribution in [0.3, 0.4) is 0 Å². The molecule has 7 nitrogen and oxygen atoms in total. The van der Waals surface area contributed by atoms with E-state index < -0.39 is 34.1 Å². The van der Waals surface area contributed by atoms with Gasteiger partial charge in [-0.05, 0) is 66.5 Å². The van der Waals surface area contributed by atoms with E-state index in [2.05, 4.69) is 21.2 Å². The molecule has 0 aliphatic carbocycles. The van der Waals surface area contributed by atoms with Crippen LogP contribution in [0.2, 0.25) is 10.0 Å².